The molecule has 6 heteroatoms. The number of hydrogen-bond donors (Lipinski definition) is 2. The molecule has 0 radical (unpaired) electrons. The van der Waals surface area contributed by atoms with Gasteiger partial charge < -0.3 is 10.6 Å². The minimum atomic E-state index is -0.516. The van der Waals surface area contributed by atoms with Gasteiger partial charge >= 0.3 is 0 Å². The molecule has 1 heterocycles. The van der Waals surface area contributed by atoms with Gasteiger partial charge in [0, 0.05) is 5.69 Å². The van der Waals surface area contributed by atoms with Gasteiger partial charge in [0.05, 0.1) is 18.1 Å². The van der Waals surface area contributed by atoms with E-state index < -0.39 is 11.7 Å². The van der Waals surface area contributed by atoms with Gasteiger partial charge in [0.1, 0.15) is 17.3 Å². The Kier molecular flexibility index (Phi) is 5.45. The van der Waals surface area contributed by atoms with Crippen LogP contribution in [0.4, 0.5) is 21.6 Å². The van der Waals surface area contributed by atoms with Gasteiger partial charge in [-0.25, -0.2) is 14.4 Å². The van der Waals surface area contributed by atoms with E-state index in [1.807, 2.05) is 19.1 Å². The van der Waals surface area contributed by atoms with E-state index in [1.54, 1.807) is 12.1 Å². The van der Waals surface area contributed by atoms with Crippen LogP contribution in [0.3, 0.4) is 0 Å². The molecule has 0 aliphatic carbocycles. The monoisotopic (exact) mass is 364 g/mol. The third-order valence-electron chi connectivity index (χ3n) is 4.19. The average molecular weight is 364 g/mol. The van der Waals surface area contributed by atoms with Crippen molar-refractivity contribution in [1.82, 2.24) is 9.97 Å². The minimum Gasteiger partial charge on any atom is -0.338 e. The van der Waals surface area contributed by atoms with Gasteiger partial charge in [-0.1, -0.05) is 44.2 Å². The summed E-state index contributed by atoms with van der Waals surface area (Å²) in [6.45, 7) is 6.28. The zero-order chi connectivity index (χ0) is 19.4. The number of carbonyl (C=O) groups excluding carboxylic acids is 1. The van der Waals surface area contributed by atoms with Gasteiger partial charge in [0.2, 0.25) is 0 Å². The fourth-order valence-electron chi connectivity index (χ4n) is 2.73. The second-order valence-electron chi connectivity index (χ2n) is 6.54. The van der Waals surface area contributed by atoms with E-state index in [-0.39, 0.29) is 11.4 Å². The van der Waals surface area contributed by atoms with Crippen LogP contribution in [0.25, 0.3) is 0 Å². The lowest BCUT2D eigenvalue weighted by Crippen LogP contribution is -2.15. The lowest BCUT2D eigenvalue weighted by molar-refractivity contribution is 0.102. The third-order valence-corrected chi connectivity index (χ3v) is 4.19. The van der Waals surface area contributed by atoms with Crippen LogP contribution in [0.1, 0.15) is 41.4 Å². The summed E-state index contributed by atoms with van der Waals surface area (Å²) in [6, 6.07) is 12.1. The normalized spacial score (nSPS) is 10.7. The Balaban J connectivity index is 1.77. The van der Waals surface area contributed by atoms with Gasteiger partial charge in [-0.05, 0) is 36.1 Å². The van der Waals surface area contributed by atoms with E-state index in [2.05, 4.69) is 40.5 Å². The Bertz CT molecular complexity index is 955. The molecule has 0 bridgehead atoms. The van der Waals surface area contributed by atoms with Crippen LogP contribution in [-0.4, -0.2) is 15.9 Å². The maximum absolute atomic E-state index is 13.7. The van der Waals surface area contributed by atoms with Crippen molar-refractivity contribution >= 4 is 23.1 Å². The summed E-state index contributed by atoms with van der Waals surface area (Å²) in [5.74, 6) is -0.129. The second kappa shape index (κ2) is 7.95. The van der Waals surface area contributed by atoms with Crippen molar-refractivity contribution in [3.05, 3.63) is 77.5 Å². The first-order valence-electron chi connectivity index (χ1n) is 8.70. The summed E-state index contributed by atoms with van der Waals surface area (Å²) < 4.78 is 13.7. The predicted octanol–water partition coefficient (Wildman–Crippen LogP) is 5.04. The number of hydrogen-bond acceptors (Lipinski definition) is 4. The highest BCUT2D eigenvalue weighted by Gasteiger charge is 2.13. The Morgan fingerprint density at radius 3 is 2.48 bits per heavy atom. The Hall–Kier alpha value is -3.28. The molecule has 0 aliphatic heterocycles. The fraction of sp³-hybridized carbons (Fsp3) is 0.190. The molecule has 27 heavy (non-hydrogen) atoms. The number of para-hydroxylation sites is 2. The molecule has 0 unspecified atom stereocenters. The molecule has 0 saturated carbocycles. The topological polar surface area (TPSA) is 66.9 Å². The fourth-order valence-corrected chi connectivity index (χ4v) is 2.73. The summed E-state index contributed by atoms with van der Waals surface area (Å²) in [5.41, 5.74) is 3.48. The maximum Gasteiger partial charge on any atom is 0.275 e. The second-order valence-corrected chi connectivity index (χ2v) is 6.54. The first kappa shape index (κ1) is 18.5. The largest absolute Gasteiger partial charge is 0.338 e. The number of nitrogens with one attached hydrogen (secondary N) is 2. The van der Waals surface area contributed by atoms with E-state index in [1.165, 1.54) is 30.1 Å². The summed E-state index contributed by atoms with van der Waals surface area (Å²) in [6.07, 6.45) is 2.86. The summed E-state index contributed by atoms with van der Waals surface area (Å²) in [7, 11) is 0. The highest BCUT2D eigenvalue weighted by molar-refractivity contribution is 6.02. The molecular weight excluding hydrogens is 343 g/mol. The van der Waals surface area contributed by atoms with Gasteiger partial charge in [-0.15, -0.1) is 0 Å². The number of amides is 1. The van der Waals surface area contributed by atoms with Gasteiger partial charge in [0.25, 0.3) is 5.91 Å². The van der Waals surface area contributed by atoms with Crippen LogP contribution in [0.5, 0.6) is 0 Å². The highest BCUT2D eigenvalue weighted by Crippen LogP contribution is 2.29. The number of benzene rings is 2. The van der Waals surface area contributed by atoms with Crippen molar-refractivity contribution < 1.29 is 9.18 Å². The zero-order valence-corrected chi connectivity index (χ0v) is 15.5. The van der Waals surface area contributed by atoms with Crippen molar-refractivity contribution in [1.29, 1.82) is 0 Å². The van der Waals surface area contributed by atoms with Crippen LogP contribution < -0.4 is 10.6 Å². The van der Waals surface area contributed by atoms with Crippen molar-refractivity contribution in [3.8, 4) is 0 Å². The quantitative estimate of drug-likeness (QED) is 0.665. The Labute approximate surface area is 157 Å². The first-order valence-corrected chi connectivity index (χ1v) is 8.70. The van der Waals surface area contributed by atoms with Crippen LogP contribution in [-0.2, 0) is 0 Å². The SMILES string of the molecule is Cc1cccc(C(C)C)c1Nc1cnc(C(=O)Nc2ccccc2F)cn1. The molecule has 0 saturated heterocycles. The summed E-state index contributed by atoms with van der Waals surface area (Å²) in [4.78, 5) is 20.7. The molecule has 0 atom stereocenters. The molecule has 3 rings (SSSR count). The molecule has 1 aromatic heterocycles. The summed E-state index contributed by atoms with van der Waals surface area (Å²) in [5, 5.41) is 5.77. The average Bonchev–Trinajstić information content (AvgIpc) is 2.65. The van der Waals surface area contributed by atoms with Crippen LogP contribution in [0.2, 0.25) is 0 Å². The van der Waals surface area contributed by atoms with E-state index in [0.717, 1.165) is 11.3 Å². The van der Waals surface area contributed by atoms with Crippen molar-refractivity contribution in [2.75, 3.05) is 10.6 Å². The molecule has 138 valence electrons. The maximum atomic E-state index is 13.7. The molecule has 1 amide bonds. The lowest BCUT2D eigenvalue weighted by Gasteiger charge is -2.16. The van der Waals surface area contributed by atoms with Crippen LogP contribution >= 0.6 is 0 Å². The van der Waals surface area contributed by atoms with Crippen molar-refractivity contribution in [2.24, 2.45) is 0 Å². The van der Waals surface area contributed by atoms with E-state index in [9.17, 15) is 9.18 Å². The zero-order valence-electron chi connectivity index (χ0n) is 15.5. The number of carbonyl (C=O) groups is 1. The van der Waals surface area contributed by atoms with E-state index >= 15 is 0 Å². The number of aryl methyl sites for hydroxylation is 1. The Morgan fingerprint density at radius 1 is 1.04 bits per heavy atom. The number of anilines is 3. The minimum absolute atomic E-state index is 0.105. The molecule has 0 aliphatic rings. The number of aromatic nitrogens is 2. The summed E-state index contributed by atoms with van der Waals surface area (Å²) >= 11 is 0. The molecule has 0 fully saturated rings. The van der Waals surface area contributed by atoms with Gasteiger partial charge in [-0.2, -0.15) is 0 Å². The van der Waals surface area contributed by atoms with Crippen LogP contribution in [0.15, 0.2) is 54.9 Å². The Morgan fingerprint density at radius 2 is 1.81 bits per heavy atom. The molecule has 2 aromatic carbocycles. The standard InChI is InChI=1S/C21H21FN4O/c1-13(2)15-8-6-7-14(3)20(15)26-19-12-23-18(11-24-19)21(27)25-17-10-5-4-9-16(17)22/h4-13H,1-3H3,(H,24,26)(H,25,27). The number of nitrogens with zero attached hydrogens (tertiary/aromatic N) is 2. The van der Waals surface area contributed by atoms with Gasteiger partial charge in [-0.3, -0.25) is 4.79 Å². The molecular formula is C21H21FN4O. The molecule has 3 aromatic rings. The predicted molar refractivity (Wildman–Crippen MR) is 105 cm³/mol. The van der Waals surface area contributed by atoms with E-state index in [4.69, 9.17) is 0 Å². The number of rotatable bonds is 5. The van der Waals surface area contributed by atoms with Crippen molar-refractivity contribution in [2.45, 2.75) is 26.7 Å². The first-order chi connectivity index (χ1) is 13.0. The van der Waals surface area contributed by atoms with Crippen molar-refractivity contribution in [3.63, 3.8) is 0 Å². The smallest absolute Gasteiger partial charge is 0.275 e. The van der Waals surface area contributed by atoms with Crippen LogP contribution in [0, 0.1) is 12.7 Å². The third kappa shape index (κ3) is 4.28. The molecule has 2 N–H and O–H groups in total. The molecule has 5 nitrogen and oxygen atoms in total. The molecule has 0 spiro atoms. The lowest BCUT2D eigenvalue weighted by atomic mass is 9.98. The number of halogens is 1. The van der Waals surface area contributed by atoms with E-state index in [0.29, 0.717) is 11.7 Å². The highest BCUT2D eigenvalue weighted by atomic mass is 19.1. The van der Waals surface area contributed by atoms with Gasteiger partial charge in [0.15, 0.2) is 0 Å².